The molecular weight excluding hydrogens is 382 g/mol. The Kier molecular flexibility index (Phi) is 6.01. The Labute approximate surface area is 165 Å². The van der Waals surface area contributed by atoms with Gasteiger partial charge in [0.1, 0.15) is 5.52 Å². The number of nitrogens with two attached hydrogens (primary N) is 1. The fourth-order valence-electron chi connectivity index (χ4n) is 2.80. The maximum absolute atomic E-state index is 14.3. The number of rotatable bonds is 7. The molecule has 1 aromatic carbocycles. The molecule has 1 unspecified atom stereocenters. The smallest absolute Gasteiger partial charge is 0.278 e. The first kappa shape index (κ1) is 20.2. The van der Waals surface area contributed by atoms with Gasteiger partial charge in [0.25, 0.3) is 6.02 Å². The van der Waals surface area contributed by atoms with Gasteiger partial charge in [-0.2, -0.15) is 0 Å². The van der Waals surface area contributed by atoms with Crippen LogP contribution in [-0.4, -0.2) is 34.7 Å². The van der Waals surface area contributed by atoms with Gasteiger partial charge in [0.05, 0.1) is 25.4 Å². The number of pyridine rings is 1. The van der Waals surface area contributed by atoms with Crippen molar-refractivity contribution in [1.29, 1.82) is 5.41 Å². The van der Waals surface area contributed by atoms with Crippen molar-refractivity contribution in [2.75, 3.05) is 19.0 Å². The Morgan fingerprint density at radius 2 is 2.10 bits per heavy atom. The van der Waals surface area contributed by atoms with Gasteiger partial charge in [0, 0.05) is 18.0 Å². The summed E-state index contributed by atoms with van der Waals surface area (Å²) >= 11 is 0. The van der Waals surface area contributed by atoms with Crippen LogP contribution in [0.2, 0.25) is 0 Å². The van der Waals surface area contributed by atoms with Crippen molar-refractivity contribution < 1.29 is 18.3 Å². The molecule has 0 spiro atoms. The van der Waals surface area contributed by atoms with Gasteiger partial charge in [-0.05, 0) is 30.0 Å². The molecule has 0 saturated carbocycles. The third-order valence-electron chi connectivity index (χ3n) is 4.31. The Balaban J connectivity index is 1.89. The third kappa shape index (κ3) is 4.65. The number of benzene rings is 1. The van der Waals surface area contributed by atoms with Gasteiger partial charge < -0.3 is 20.5 Å². The molecule has 0 amide bonds. The van der Waals surface area contributed by atoms with E-state index in [1.807, 2.05) is 0 Å². The van der Waals surface area contributed by atoms with Gasteiger partial charge in [-0.1, -0.05) is 6.92 Å². The van der Waals surface area contributed by atoms with Gasteiger partial charge in [-0.25, -0.2) is 23.7 Å². The fourth-order valence-corrected chi connectivity index (χ4v) is 2.80. The molecule has 0 aliphatic heterocycles. The molecule has 4 N–H and O–H groups in total. The highest BCUT2D eigenvalue weighted by Crippen LogP contribution is 2.30. The summed E-state index contributed by atoms with van der Waals surface area (Å²) in [6.07, 6.45) is 3.33. The first-order valence-electron chi connectivity index (χ1n) is 8.77. The van der Waals surface area contributed by atoms with Crippen molar-refractivity contribution in [3.63, 3.8) is 0 Å². The van der Waals surface area contributed by atoms with E-state index in [-0.39, 0.29) is 18.1 Å². The maximum Gasteiger partial charge on any atom is 0.278 e. The number of halogens is 2. The maximum atomic E-state index is 14.3. The van der Waals surface area contributed by atoms with Gasteiger partial charge >= 0.3 is 0 Å². The molecule has 1 atom stereocenters. The third-order valence-corrected chi connectivity index (χ3v) is 4.31. The minimum atomic E-state index is -0.989. The van der Waals surface area contributed by atoms with Crippen LogP contribution >= 0.6 is 0 Å². The highest BCUT2D eigenvalue weighted by atomic mass is 19.2. The first-order chi connectivity index (χ1) is 13.9. The zero-order valence-corrected chi connectivity index (χ0v) is 15.9. The normalized spacial score (nSPS) is 11.9. The van der Waals surface area contributed by atoms with E-state index in [2.05, 4.69) is 20.3 Å². The number of hydrogen-bond donors (Lipinski definition) is 3. The number of methoxy groups -OCH3 is 1. The summed E-state index contributed by atoms with van der Waals surface area (Å²) in [4.78, 5) is 12.8. The van der Waals surface area contributed by atoms with Crippen LogP contribution in [0.1, 0.15) is 24.8 Å². The van der Waals surface area contributed by atoms with Crippen molar-refractivity contribution in [3.05, 3.63) is 47.8 Å². The molecule has 0 bridgehead atoms. The van der Waals surface area contributed by atoms with Crippen molar-refractivity contribution in [2.45, 2.75) is 19.3 Å². The summed E-state index contributed by atoms with van der Waals surface area (Å²) in [7, 11) is 1.49. The summed E-state index contributed by atoms with van der Waals surface area (Å²) in [5.74, 6) is -1.58. The standard InChI is InChI=1S/C19H20F2N6O2/c1-10(4-6-29-19(22)23)12-7-11(8-13(20)16(12)21)26-18-17-14(3-5-24-18)27-15(28-2)9-25-17/h3,5,7-10H,4,6H2,1-2H3,(H3,22,23)(H,24,26). The van der Waals surface area contributed by atoms with E-state index in [0.29, 0.717) is 34.8 Å². The Bertz CT molecular complexity index is 1050. The van der Waals surface area contributed by atoms with Gasteiger partial charge in [-0.15, -0.1) is 0 Å². The van der Waals surface area contributed by atoms with E-state index >= 15 is 0 Å². The number of nitrogens with zero attached hydrogens (tertiary/aromatic N) is 3. The molecule has 29 heavy (non-hydrogen) atoms. The number of ether oxygens (including phenoxy) is 2. The summed E-state index contributed by atoms with van der Waals surface area (Å²) < 4.78 is 38.5. The Hall–Kier alpha value is -3.56. The molecule has 3 rings (SSSR count). The topological polar surface area (TPSA) is 119 Å². The molecule has 8 nitrogen and oxygen atoms in total. The first-order valence-corrected chi connectivity index (χ1v) is 8.77. The molecule has 152 valence electrons. The highest BCUT2D eigenvalue weighted by Gasteiger charge is 2.18. The number of fused-ring (bicyclic) bond motifs is 1. The van der Waals surface area contributed by atoms with E-state index in [0.717, 1.165) is 6.07 Å². The zero-order chi connectivity index (χ0) is 21.0. The van der Waals surface area contributed by atoms with Crippen molar-refractivity contribution >= 4 is 28.6 Å². The number of amidine groups is 1. The van der Waals surface area contributed by atoms with Crippen molar-refractivity contribution in [3.8, 4) is 5.88 Å². The summed E-state index contributed by atoms with van der Waals surface area (Å²) in [5.41, 5.74) is 6.63. The molecule has 0 radical (unpaired) electrons. The minimum absolute atomic E-state index is 0.123. The minimum Gasteiger partial charge on any atom is -0.480 e. The van der Waals surface area contributed by atoms with Crippen LogP contribution in [0.15, 0.2) is 30.6 Å². The van der Waals surface area contributed by atoms with Crippen LogP contribution in [0, 0.1) is 17.0 Å². The largest absolute Gasteiger partial charge is 0.480 e. The average molecular weight is 402 g/mol. The predicted octanol–water partition coefficient (Wildman–Crippen LogP) is 3.46. The molecular formula is C19H20F2N6O2. The van der Waals surface area contributed by atoms with E-state index in [9.17, 15) is 8.78 Å². The molecule has 0 aliphatic carbocycles. The number of hydrogen-bond acceptors (Lipinski definition) is 7. The van der Waals surface area contributed by atoms with E-state index in [1.165, 1.54) is 25.6 Å². The summed E-state index contributed by atoms with van der Waals surface area (Å²) in [6.45, 7) is 1.86. The van der Waals surface area contributed by atoms with Crippen LogP contribution in [0.25, 0.3) is 11.0 Å². The lowest BCUT2D eigenvalue weighted by atomic mass is 9.96. The van der Waals surface area contributed by atoms with E-state index in [1.54, 1.807) is 13.0 Å². The van der Waals surface area contributed by atoms with Gasteiger partial charge in [0.2, 0.25) is 5.88 Å². The number of anilines is 2. The van der Waals surface area contributed by atoms with Gasteiger partial charge in [-0.3, -0.25) is 5.41 Å². The highest BCUT2D eigenvalue weighted by molar-refractivity contribution is 5.87. The Morgan fingerprint density at radius 1 is 1.31 bits per heavy atom. The molecule has 0 fully saturated rings. The zero-order valence-electron chi connectivity index (χ0n) is 15.9. The van der Waals surface area contributed by atoms with Crippen LogP contribution in [0.3, 0.4) is 0 Å². The van der Waals surface area contributed by atoms with Crippen LogP contribution in [0.5, 0.6) is 5.88 Å². The molecule has 3 aromatic rings. The monoisotopic (exact) mass is 402 g/mol. The average Bonchev–Trinajstić information content (AvgIpc) is 2.70. The molecule has 0 saturated heterocycles. The lowest BCUT2D eigenvalue weighted by Crippen LogP contribution is -2.16. The number of aromatic nitrogens is 3. The second kappa shape index (κ2) is 8.63. The molecule has 0 aliphatic rings. The quantitative estimate of drug-likeness (QED) is 0.409. The van der Waals surface area contributed by atoms with Crippen molar-refractivity contribution in [2.24, 2.45) is 5.73 Å². The van der Waals surface area contributed by atoms with Gasteiger partial charge in [0.15, 0.2) is 17.5 Å². The van der Waals surface area contributed by atoms with Crippen LogP contribution < -0.4 is 15.8 Å². The SMILES string of the molecule is COc1cnc2c(Nc3cc(F)c(F)c(C(C)CCOC(=N)N)c3)nccc2n1. The molecule has 2 aromatic heterocycles. The lowest BCUT2D eigenvalue weighted by molar-refractivity contribution is 0.280. The fraction of sp³-hybridized carbons (Fsp3) is 0.263. The second-order valence-electron chi connectivity index (χ2n) is 6.33. The predicted molar refractivity (Wildman–Crippen MR) is 104 cm³/mol. The van der Waals surface area contributed by atoms with E-state index < -0.39 is 17.7 Å². The van der Waals surface area contributed by atoms with Crippen molar-refractivity contribution in [1.82, 2.24) is 15.0 Å². The summed E-state index contributed by atoms with van der Waals surface area (Å²) in [5, 5.41) is 10.0. The van der Waals surface area contributed by atoms with Crippen LogP contribution in [0.4, 0.5) is 20.3 Å². The van der Waals surface area contributed by atoms with Crippen LogP contribution in [-0.2, 0) is 4.74 Å². The lowest BCUT2D eigenvalue weighted by Gasteiger charge is -2.16. The summed E-state index contributed by atoms with van der Waals surface area (Å²) in [6, 6.07) is 3.81. The van der Waals surface area contributed by atoms with E-state index in [4.69, 9.17) is 20.6 Å². The molecule has 10 heteroatoms. The number of nitrogens with one attached hydrogen (secondary N) is 2. The second-order valence-corrected chi connectivity index (χ2v) is 6.33. The molecule has 2 heterocycles. The Morgan fingerprint density at radius 3 is 2.83 bits per heavy atom.